The van der Waals surface area contributed by atoms with Crippen molar-refractivity contribution >= 4 is 23.4 Å². The predicted octanol–water partition coefficient (Wildman–Crippen LogP) is 5.42. The Morgan fingerprint density at radius 3 is 2.45 bits per heavy atom. The van der Waals surface area contributed by atoms with Crippen LogP contribution in [-0.4, -0.2) is 31.4 Å². The van der Waals surface area contributed by atoms with Gasteiger partial charge < -0.3 is 5.32 Å². The molecule has 2 aromatic carbocycles. The van der Waals surface area contributed by atoms with Crippen LogP contribution in [0.25, 0.3) is 11.4 Å². The van der Waals surface area contributed by atoms with Crippen LogP contribution in [0.4, 0.5) is 5.69 Å². The Kier molecular flexibility index (Phi) is 6.89. The quantitative estimate of drug-likeness (QED) is 0.375. The number of benzene rings is 2. The first-order valence-corrected chi connectivity index (χ1v) is 11.8. The van der Waals surface area contributed by atoms with E-state index in [2.05, 4.69) is 59.5 Å². The third-order valence-electron chi connectivity index (χ3n) is 5.16. The number of aromatic nitrogens is 4. The van der Waals surface area contributed by atoms with Gasteiger partial charge in [-0.15, -0.1) is 10.2 Å². The molecule has 1 N–H and O–H groups in total. The molecule has 0 bridgehead atoms. The molecule has 33 heavy (non-hydrogen) atoms. The molecule has 1 amide bonds. The summed E-state index contributed by atoms with van der Waals surface area (Å²) in [6.07, 6.45) is 3.51. The summed E-state index contributed by atoms with van der Waals surface area (Å²) in [5, 5.41) is 12.6. The van der Waals surface area contributed by atoms with Crippen molar-refractivity contribution in [3.63, 3.8) is 0 Å². The summed E-state index contributed by atoms with van der Waals surface area (Å²) in [5.74, 6) is 0.889. The van der Waals surface area contributed by atoms with E-state index in [4.69, 9.17) is 0 Å². The van der Waals surface area contributed by atoms with Crippen LogP contribution in [0.15, 0.2) is 84.3 Å². The molecule has 0 saturated carbocycles. The Morgan fingerprint density at radius 2 is 1.73 bits per heavy atom. The number of amides is 1. The molecule has 7 heteroatoms. The Bertz CT molecular complexity index is 1220. The van der Waals surface area contributed by atoms with Crippen molar-refractivity contribution in [3.8, 4) is 11.4 Å². The Labute approximate surface area is 198 Å². The number of thioether (sulfide) groups is 1. The number of para-hydroxylation sites is 1. The second-order valence-electron chi connectivity index (χ2n) is 8.75. The molecule has 6 nitrogen and oxygen atoms in total. The lowest BCUT2D eigenvalue weighted by molar-refractivity contribution is -0.113. The first-order chi connectivity index (χ1) is 15.9. The van der Waals surface area contributed by atoms with E-state index in [1.54, 1.807) is 12.4 Å². The van der Waals surface area contributed by atoms with Crippen LogP contribution in [0.3, 0.4) is 0 Å². The van der Waals surface area contributed by atoms with E-state index in [9.17, 15) is 4.79 Å². The molecule has 0 radical (unpaired) electrons. The van der Waals surface area contributed by atoms with Gasteiger partial charge in [-0.2, -0.15) is 0 Å². The summed E-state index contributed by atoms with van der Waals surface area (Å²) in [6.45, 7) is 7.02. The zero-order valence-electron chi connectivity index (χ0n) is 19.0. The van der Waals surface area contributed by atoms with Crippen molar-refractivity contribution in [1.29, 1.82) is 0 Å². The van der Waals surface area contributed by atoms with Crippen LogP contribution in [0.5, 0.6) is 0 Å². The summed E-state index contributed by atoms with van der Waals surface area (Å²) >= 11 is 1.38. The van der Waals surface area contributed by atoms with Crippen LogP contribution in [-0.2, 0) is 16.8 Å². The van der Waals surface area contributed by atoms with Crippen molar-refractivity contribution < 1.29 is 4.79 Å². The van der Waals surface area contributed by atoms with Crippen LogP contribution in [0.1, 0.15) is 31.9 Å². The lowest BCUT2D eigenvalue weighted by Crippen LogP contribution is -2.20. The van der Waals surface area contributed by atoms with E-state index < -0.39 is 0 Å². The van der Waals surface area contributed by atoms with Crippen molar-refractivity contribution in [2.45, 2.75) is 37.9 Å². The first kappa shape index (κ1) is 22.7. The maximum absolute atomic E-state index is 12.8. The smallest absolute Gasteiger partial charge is 0.234 e. The zero-order valence-corrected chi connectivity index (χ0v) is 19.8. The van der Waals surface area contributed by atoms with Gasteiger partial charge in [0.25, 0.3) is 0 Å². The highest BCUT2D eigenvalue weighted by Gasteiger charge is 2.20. The van der Waals surface area contributed by atoms with Crippen LogP contribution in [0, 0.1) is 0 Å². The number of rotatable bonds is 7. The average Bonchev–Trinajstić information content (AvgIpc) is 3.21. The van der Waals surface area contributed by atoms with Crippen molar-refractivity contribution in [2.75, 3.05) is 11.1 Å². The monoisotopic (exact) mass is 457 g/mol. The number of carbonyl (C=O) groups is 1. The molecule has 0 aliphatic heterocycles. The number of hydrogen-bond acceptors (Lipinski definition) is 5. The number of pyridine rings is 1. The molecule has 0 aliphatic carbocycles. The lowest BCUT2D eigenvalue weighted by Gasteiger charge is -2.23. The van der Waals surface area contributed by atoms with Gasteiger partial charge >= 0.3 is 0 Å². The minimum absolute atomic E-state index is 0.0640. The number of nitrogens with one attached hydrogen (secondary N) is 1. The number of anilines is 1. The van der Waals surface area contributed by atoms with E-state index in [0.29, 0.717) is 11.7 Å². The van der Waals surface area contributed by atoms with Crippen LogP contribution in [0.2, 0.25) is 0 Å². The second kappa shape index (κ2) is 10.0. The number of hydrogen-bond donors (Lipinski definition) is 1. The van der Waals surface area contributed by atoms with Crippen LogP contribution < -0.4 is 5.32 Å². The van der Waals surface area contributed by atoms with Gasteiger partial charge in [0.05, 0.1) is 12.3 Å². The molecule has 2 heterocycles. The third kappa shape index (κ3) is 5.68. The summed E-state index contributed by atoms with van der Waals surface area (Å²) in [5.41, 5.74) is 3.90. The molecule has 0 aliphatic rings. The van der Waals surface area contributed by atoms with Crippen LogP contribution >= 0.6 is 11.8 Å². The summed E-state index contributed by atoms with van der Waals surface area (Å²) < 4.78 is 2.04. The summed E-state index contributed by atoms with van der Waals surface area (Å²) in [4.78, 5) is 17.0. The summed E-state index contributed by atoms with van der Waals surface area (Å²) in [7, 11) is 0. The van der Waals surface area contributed by atoms with Crippen molar-refractivity contribution in [3.05, 3.63) is 90.3 Å². The van der Waals surface area contributed by atoms with Gasteiger partial charge in [-0.25, -0.2) is 0 Å². The molecular formula is C26H27N5OS. The molecule has 2 aromatic heterocycles. The summed E-state index contributed by atoms with van der Waals surface area (Å²) in [6, 6.07) is 21.9. The SMILES string of the molecule is CC(C)(C)c1ccccc1NC(=O)CSc1nnc(-c2cccnc2)n1Cc1ccccc1. The molecule has 4 rings (SSSR count). The highest BCUT2D eigenvalue weighted by Crippen LogP contribution is 2.30. The van der Waals surface area contributed by atoms with E-state index in [1.165, 1.54) is 11.8 Å². The molecule has 0 saturated heterocycles. The lowest BCUT2D eigenvalue weighted by atomic mass is 9.86. The first-order valence-electron chi connectivity index (χ1n) is 10.8. The number of carbonyl (C=O) groups excluding carboxylic acids is 1. The molecule has 0 spiro atoms. The zero-order chi connectivity index (χ0) is 23.3. The Morgan fingerprint density at radius 1 is 0.970 bits per heavy atom. The molecule has 0 fully saturated rings. The highest BCUT2D eigenvalue weighted by atomic mass is 32.2. The van der Waals surface area contributed by atoms with E-state index >= 15 is 0 Å². The molecular weight excluding hydrogens is 430 g/mol. The molecule has 0 unspecified atom stereocenters. The highest BCUT2D eigenvalue weighted by molar-refractivity contribution is 7.99. The van der Waals surface area contributed by atoms with Gasteiger partial charge in [-0.05, 0) is 34.7 Å². The molecule has 0 atom stereocenters. The van der Waals surface area contributed by atoms with E-state index in [0.717, 1.165) is 28.2 Å². The maximum Gasteiger partial charge on any atom is 0.234 e. The van der Waals surface area contributed by atoms with Gasteiger partial charge in [-0.1, -0.05) is 81.1 Å². The van der Waals surface area contributed by atoms with Gasteiger partial charge in [0.1, 0.15) is 0 Å². The van der Waals surface area contributed by atoms with Crippen molar-refractivity contribution in [2.24, 2.45) is 0 Å². The second-order valence-corrected chi connectivity index (χ2v) is 9.69. The minimum atomic E-state index is -0.0751. The fourth-order valence-corrected chi connectivity index (χ4v) is 4.31. The Hall–Kier alpha value is -3.45. The molecule has 168 valence electrons. The maximum atomic E-state index is 12.8. The normalized spacial score (nSPS) is 11.4. The fourth-order valence-electron chi connectivity index (χ4n) is 3.58. The van der Waals surface area contributed by atoms with E-state index in [-0.39, 0.29) is 17.1 Å². The minimum Gasteiger partial charge on any atom is -0.325 e. The predicted molar refractivity (Wildman–Crippen MR) is 133 cm³/mol. The number of nitrogens with zero attached hydrogens (tertiary/aromatic N) is 4. The van der Waals surface area contributed by atoms with Crippen molar-refractivity contribution in [1.82, 2.24) is 19.7 Å². The van der Waals surface area contributed by atoms with Gasteiger partial charge in [0.2, 0.25) is 5.91 Å². The standard InChI is InChI=1S/C26H27N5OS/c1-26(2,3)21-13-7-8-14-22(21)28-23(32)18-33-25-30-29-24(20-12-9-15-27-16-20)31(25)17-19-10-5-4-6-11-19/h4-16H,17-18H2,1-3H3,(H,28,32). The van der Waals surface area contributed by atoms with E-state index in [1.807, 2.05) is 53.1 Å². The third-order valence-corrected chi connectivity index (χ3v) is 6.13. The van der Waals surface area contributed by atoms with Gasteiger partial charge in [0.15, 0.2) is 11.0 Å². The van der Waals surface area contributed by atoms with Gasteiger partial charge in [-0.3, -0.25) is 14.3 Å². The largest absolute Gasteiger partial charge is 0.325 e. The fraction of sp³-hybridized carbons (Fsp3) is 0.231. The Balaban J connectivity index is 1.54. The van der Waals surface area contributed by atoms with Gasteiger partial charge in [0, 0.05) is 23.6 Å². The topological polar surface area (TPSA) is 72.7 Å². The molecule has 4 aromatic rings. The average molecular weight is 458 g/mol.